The van der Waals surface area contributed by atoms with E-state index in [1.807, 2.05) is 0 Å². The summed E-state index contributed by atoms with van der Waals surface area (Å²) in [6, 6.07) is 3.63. The first-order valence-electron chi connectivity index (χ1n) is 4.78. The second-order valence-electron chi connectivity index (χ2n) is 3.35. The first kappa shape index (κ1) is 12.6. The van der Waals surface area contributed by atoms with Crippen molar-refractivity contribution in [1.29, 1.82) is 0 Å². The van der Waals surface area contributed by atoms with Gasteiger partial charge in [-0.15, -0.1) is 0 Å². The van der Waals surface area contributed by atoms with Crippen LogP contribution < -0.4 is 5.32 Å². The standard InChI is InChI=1S/C10H8ClF3N2S/c11-6-1-2-8(7(5-6)10(12,13)14)16-9-15-3-4-17-9/h1-2,5H,3-4H2,(H,15,16). The Labute approximate surface area is 105 Å². The summed E-state index contributed by atoms with van der Waals surface area (Å²) in [4.78, 5) is 4.04. The van der Waals surface area contributed by atoms with E-state index in [4.69, 9.17) is 11.6 Å². The second kappa shape index (κ2) is 4.78. The molecule has 0 saturated heterocycles. The molecule has 2 rings (SSSR count). The van der Waals surface area contributed by atoms with Crippen LogP contribution in [0.4, 0.5) is 18.9 Å². The second-order valence-corrected chi connectivity index (χ2v) is 4.87. The Morgan fingerprint density at radius 3 is 2.71 bits per heavy atom. The van der Waals surface area contributed by atoms with E-state index in [1.54, 1.807) is 0 Å². The molecular weight excluding hydrogens is 273 g/mol. The molecule has 0 aromatic heterocycles. The maximum Gasteiger partial charge on any atom is 0.418 e. The van der Waals surface area contributed by atoms with E-state index in [9.17, 15) is 13.2 Å². The maximum atomic E-state index is 12.8. The summed E-state index contributed by atoms with van der Waals surface area (Å²) in [6.45, 7) is 0.627. The van der Waals surface area contributed by atoms with Gasteiger partial charge in [0.1, 0.15) is 0 Å². The zero-order valence-electron chi connectivity index (χ0n) is 8.51. The Balaban J connectivity index is 2.32. The molecule has 1 aliphatic heterocycles. The highest BCUT2D eigenvalue weighted by Crippen LogP contribution is 2.37. The number of hydrogen-bond donors (Lipinski definition) is 1. The third-order valence-electron chi connectivity index (χ3n) is 2.11. The predicted octanol–water partition coefficient (Wildman–Crippen LogP) is 3.87. The minimum Gasteiger partial charge on any atom is -0.334 e. The number of rotatable bonds is 1. The van der Waals surface area contributed by atoms with Crippen molar-refractivity contribution in [2.45, 2.75) is 6.18 Å². The molecule has 0 amide bonds. The minimum atomic E-state index is -4.43. The molecule has 1 aromatic carbocycles. The van der Waals surface area contributed by atoms with E-state index in [1.165, 1.54) is 23.9 Å². The lowest BCUT2D eigenvalue weighted by atomic mass is 10.1. The van der Waals surface area contributed by atoms with Gasteiger partial charge in [-0.2, -0.15) is 13.2 Å². The maximum absolute atomic E-state index is 12.8. The zero-order chi connectivity index (χ0) is 12.5. The number of benzene rings is 1. The molecular formula is C10H8ClF3N2S. The summed E-state index contributed by atoms with van der Waals surface area (Å²) in [5, 5.41) is 3.25. The van der Waals surface area contributed by atoms with Crippen molar-refractivity contribution in [2.75, 3.05) is 17.6 Å². The number of alkyl halides is 3. The topological polar surface area (TPSA) is 24.4 Å². The Kier molecular flexibility index (Phi) is 3.53. The van der Waals surface area contributed by atoms with E-state index >= 15 is 0 Å². The van der Waals surface area contributed by atoms with Crippen LogP contribution in [0.2, 0.25) is 5.02 Å². The van der Waals surface area contributed by atoms with Gasteiger partial charge in [0.05, 0.1) is 17.8 Å². The lowest BCUT2D eigenvalue weighted by molar-refractivity contribution is -0.136. The smallest absolute Gasteiger partial charge is 0.334 e. The molecule has 1 aromatic rings. The van der Waals surface area contributed by atoms with Gasteiger partial charge in [-0.1, -0.05) is 23.4 Å². The Hall–Kier alpha value is -0.880. The van der Waals surface area contributed by atoms with Crippen LogP contribution in [0, 0.1) is 0 Å². The van der Waals surface area contributed by atoms with Crippen LogP contribution in [-0.2, 0) is 6.18 Å². The van der Waals surface area contributed by atoms with Crippen LogP contribution in [0.15, 0.2) is 23.2 Å². The fourth-order valence-electron chi connectivity index (χ4n) is 1.39. The van der Waals surface area contributed by atoms with E-state index in [0.29, 0.717) is 11.7 Å². The van der Waals surface area contributed by atoms with Crippen LogP contribution in [0.25, 0.3) is 0 Å². The first-order chi connectivity index (χ1) is 7.97. The van der Waals surface area contributed by atoms with Crippen molar-refractivity contribution in [2.24, 2.45) is 4.99 Å². The zero-order valence-corrected chi connectivity index (χ0v) is 10.1. The minimum absolute atomic E-state index is 0.0185. The molecule has 17 heavy (non-hydrogen) atoms. The molecule has 0 unspecified atom stereocenters. The highest BCUT2D eigenvalue weighted by Gasteiger charge is 2.34. The van der Waals surface area contributed by atoms with Crippen LogP contribution in [0.3, 0.4) is 0 Å². The number of thioether (sulfide) groups is 1. The number of nitrogens with one attached hydrogen (secondary N) is 1. The number of aliphatic imine (C=N–C) groups is 1. The summed E-state index contributed by atoms with van der Waals surface area (Å²) in [5.41, 5.74) is -0.796. The Morgan fingerprint density at radius 2 is 2.12 bits per heavy atom. The lowest BCUT2D eigenvalue weighted by Gasteiger charge is -2.14. The Bertz CT molecular complexity index is 459. The van der Waals surface area contributed by atoms with Crippen LogP contribution in [0.5, 0.6) is 0 Å². The molecule has 0 radical (unpaired) electrons. The third kappa shape index (κ3) is 3.07. The van der Waals surface area contributed by atoms with Gasteiger partial charge in [0.2, 0.25) is 0 Å². The van der Waals surface area contributed by atoms with Crippen molar-refractivity contribution < 1.29 is 13.2 Å². The molecule has 1 heterocycles. The SMILES string of the molecule is FC(F)(F)c1cc(Cl)ccc1NC1=NCCS1. The predicted molar refractivity (Wildman–Crippen MR) is 64.8 cm³/mol. The average molecular weight is 281 g/mol. The van der Waals surface area contributed by atoms with Crippen molar-refractivity contribution in [3.63, 3.8) is 0 Å². The van der Waals surface area contributed by atoms with Gasteiger partial charge in [0.25, 0.3) is 0 Å². The summed E-state index contributed by atoms with van der Waals surface area (Å²) in [7, 11) is 0. The van der Waals surface area contributed by atoms with Gasteiger partial charge in [-0.25, -0.2) is 0 Å². The molecule has 0 aliphatic carbocycles. The quantitative estimate of drug-likeness (QED) is 0.844. The largest absolute Gasteiger partial charge is 0.418 e. The van der Waals surface area contributed by atoms with Gasteiger partial charge >= 0.3 is 6.18 Å². The summed E-state index contributed by atoms with van der Waals surface area (Å²) in [6.07, 6.45) is -4.43. The number of amidine groups is 1. The van der Waals surface area contributed by atoms with E-state index in [-0.39, 0.29) is 10.7 Å². The summed E-state index contributed by atoms with van der Waals surface area (Å²) in [5.74, 6) is 0.789. The Morgan fingerprint density at radius 1 is 1.35 bits per heavy atom. The van der Waals surface area contributed by atoms with Crippen molar-refractivity contribution in [1.82, 2.24) is 0 Å². The molecule has 0 spiro atoms. The van der Waals surface area contributed by atoms with Crippen molar-refractivity contribution in [3.8, 4) is 0 Å². The molecule has 0 saturated carbocycles. The number of anilines is 1. The van der Waals surface area contributed by atoms with Gasteiger partial charge in [-0.3, -0.25) is 4.99 Å². The number of nitrogens with zero attached hydrogens (tertiary/aromatic N) is 1. The van der Waals surface area contributed by atoms with E-state index in [0.717, 1.165) is 11.8 Å². The van der Waals surface area contributed by atoms with E-state index < -0.39 is 11.7 Å². The molecule has 92 valence electrons. The fourth-order valence-corrected chi connectivity index (χ4v) is 2.30. The van der Waals surface area contributed by atoms with E-state index in [2.05, 4.69) is 10.3 Å². The van der Waals surface area contributed by atoms with Crippen molar-refractivity contribution >= 4 is 34.2 Å². The fraction of sp³-hybridized carbons (Fsp3) is 0.300. The number of halogens is 4. The van der Waals surface area contributed by atoms with Crippen LogP contribution in [-0.4, -0.2) is 17.5 Å². The number of hydrogen-bond acceptors (Lipinski definition) is 3. The van der Waals surface area contributed by atoms with Gasteiger partial charge in [-0.05, 0) is 18.2 Å². The molecule has 0 atom stereocenters. The monoisotopic (exact) mass is 280 g/mol. The highest BCUT2D eigenvalue weighted by atomic mass is 35.5. The highest BCUT2D eigenvalue weighted by molar-refractivity contribution is 8.14. The molecule has 0 fully saturated rings. The first-order valence-corrected chi connectivity index (χ1v) is 6.14. The molecule has 1 N–H and O–H groups in total. The molecule has 1 aliphatic rings. The van der Waals surface area contributed by atoms with Crippen LogP contribution in [0.1, 0.15) is 5.56 Å². The summed E-state index contributed by atoms with van der Waals surface area (Å²) >= 11 is 6.98. The average Bonchev–Trinajstić information content (AvgIpc) is 2.72. The van der Waals surface area contributed by atoms with Gasteiger partial charge in [0.15, 0.2) is 5.17 Å². The van der Waals surface area contributed by atoms with Crippen molar-refractivity contribution in [3.05, 3.63) is 28.8 Å². The van der Waals surface area contributed by atoms with Crippen LogP contribution >= 0.6 is 23.4 Å². The third-order valence-corrected chi connectivity index (χ3v) is 3.24. The summed E-state index contributed by atoms with van der Waals surface area (Å²) < 4.78 is 38.3. The normalized spacial score (nSPS) is 15.9. The van der Waals surface area contributed by atoms with Gasteiger partial charge in [0, 0.05) is 10.8 Å². The molecule has 7 heteroatoms. The van der Waals surface area contributed by atoms with Gasteiger partial charge < -0.3 is 5.32 Å². The molecule has 2 nitrogen and oxygen atoms in total. The lowest BCUT2D eigenvalue weighted by Crippen LogP contribution is -2.13. The molecule has 0 bridgehead atoms.